The molecule has 0 atom stereocenters. The zero-order chi connectivity index (χ0) is 12.1. The smallest absolute Gasteiger partial charge is 0.267 e. The van der Waals surface area contributed by atoms with Crippen LogP contribution >= 0.6 is 0 Å². The van der Waals surface area contributed by atoms with Gasteiger partial charge in [-0.15, -0.1) is 0 Å². The molecule has 3 heteroatoms. The molecule has 2 rings (SSSR count). The molecule has 0 saturated heterocycles. The van der Waals surface area contributed by atoms with E-state index in [0.29, 0.717) is 5.56 Å². The highest BCUT2D eigenvalue weighted by atomic mass is 16.2. The minimum atomic E-state index is -0.119. The van der Waals surface area contributed by atoms with E-state index in [1.165, 1.54) is 19.3 Å². The maximum Gasteiger partial charge on any atom is 0.271 e. The van der Waals surface area contributed by atoms with Gasteiger partial charge in [-0.05, 0) is 44.7 Å². The first-order valence-corrected chi connectivity index (χ1v) is 6.18. The van der Waals surface area contributed by atoms with Crippen LogP contribution in [0.5, 0.6) is 0 Å². The molecule has 0 radical (unpaired) electrons. The predicted molar refractivity (Wildman–Crippen MR) is 69.2 cm³/mol. The lowest BCUT2D eigenvalue weighted by Gasteiger charge is -2.12. The third kappa shape index (κ3) is 3.41. The Hall–Kier alpha value is -1.64. The molecule has 0 aromatic heterocycles. The molecule has 1 aliphatic carbocycles. The van der Waals surface area contributed by atoms with E-state index >= 15 is 0 Å². The highest BCUT2D eigenvalue weighted by molar-refractivity contribution is 5.95. The van der Waals surface area contributed by atoms with E-state index in [-0.39, 0.29) is 5.91 Å². The van der Waals surface area contributed by atoms with Gasteiger partial charge < -0.3 is 0 Å². The number of aryl methyl sites for hydroxylation is 1. The van der Waals surface area contributed by atoms with Crippen molar-refractivity contribution in [3.63, 3.8) is 0 Å². The quantitative estimate of drug-likeness (QED) is 0.779. The van der Waals surface area contributed by atoms with Crippen LogP contribution in [0.15, 0.2) is 29.4 Å². The van der Waals surface area contributed by atoms with Gasteiger partial charge in [-0.3, -0.25) is 4.79 Å². The number of carbonyl (C=O) groups excluding carboxylic acids is 1. The molecule has 3 nitrogen and oxygen atoms in total. The number of amides is 1. The number of nitrogens with one attached hydrogen (secondary N) is 1. The number of hydrazone groups is 1. The summed E-state index contributed by atoms with van der Waals surface area (Å²) in [7, 11) is 0. The van der Waals surface area contributed by atoms with E-state index in [4.69, 9.17) is 0 Å². The fourth-order valence-corrected chi connectivity index (χ4v) is 2.05. The Morgan fingerprint density at radius 2 is 2.00 bits per heavy atom. The van der Waals surface area contributed by atoms with Crippen molar-refractivity contribution < 1.29 is 4.79 Å². The molecule has 1 fully saturated rings. The van der Waals surface area contributed by atoms with Crippen LogP contribution in [0.3, 0.4) is 0 Å². The third-order valence-corrected chi connectivity index (χ3v) is 3.03. The largest absolute Gasteiger partial charge is 0.271 e. The Kier molecular flexibility index (Phi) is 3.91. The number of nitrogens with zero attached hydrogens (tertiary/aromatic N) is 1. The van der Waals surface area contributed by atoms with Crippen LogP contribution in [0.25, 0.3) is 0 Å². The summed E-state index contributed by atoms with van der Waals surface area (Å²) in [5.74, 6) is -0.119. The van der Waals surface area contributed by atoms with Gasteiger partial charge in [0.25, 0.3) is 5.91 Å². The summed E-state index contributed by atoms with van der Waals surface area (Å²) in [5.41, 5.74) is 5.52. The molecular weight excluding hydrogens is 212 g/mol. The first-order valence-electron chi connectivity index (χ1n) is 6.18. The van der Waals surface area contributed by atoms with Gasteiger partial charge in [0.2, 0.25) is 0 Å². The van der Waals surface area contributed by atoms with Gasteiger partial charge >= 0.3 is 0 Å². The monoisotopic (exact) mass is 230 g/mol. The fourth-order valence-electron chi connectivity index (χ4n) is 2.05. The summed E-state index contributed by atoms with van der Waals surface area (Å²) < 4.78 is 0. The second kappa shape index (κ2) is 5.62. The Morgan fingerprint density at radius 1 is 1.24 bits per heavy atom. The average molecular weight is 230 g/mol. The van der Waals surface area contributed by atoms with Crippen LogP contribution in [0.4, 0.5) is 0 Å². The summed E-state index contributed by atoms with van der Waals surface area (Å²) in [6.07, 6.45) is 5.71. The molecule has 1 aromatic rings. The fraction of sp³-hybridized carbons (Fsp3) is 0.429. The Labute approximate surface area is 102 Å². The van der Waals surface area contributed by atoms with Gasteiger partial charge in [0, 0.05) is 11.3 Å². The van der Waals surface area contributed by atoms with Crippen molar-refractivity contribution in [3.8, 4) is 0 Å². The summed E-state index contributed by atoms with van der Waals surface area (Å²) in [6.45, 7) is 1.98. The highest BCUT2D eigenvalue weighted by Crippen LogP contribution is 2.14. The van der Waals surface area contributed by atoms with Crippen LogP contribution < -0.4 is 5.43 Å². The van der Waals surface area contributed by atoms with Crippen LogP contribution in [0, 0.1) is 6.92 Å². The summed E-state index contributed by atoms with van der Waals surface area (Å²) >= 11 is 0. The molecule has 1 N–H and O–H groups in total. The summed E-state index contributed by atoms with van der Waals surface area (Å²) in [6, 6.07) is 7.54. The molecule has 0 heterocycles. The van der Waals surface area contributed by atoms with E-state index < -0.39 is 0 Å². The molecule has 0 bridgehead atoms. The van der Waals surface area contributed by atoms with E-state index in [0.717, 1.165) is 24.1 Å². The molecule has 17 heavy (non-hydrogen) atoms. The van der Waals surface area contributed by atoms with Crippen molar-refractivity contribution in [3.05, 3.63) is 35.4 Å². The molecule has 0 aliphatic heterocycles. The lowest BCUT2D eigenvalue weighted by molar-refractivity contribution is 0.0954. The van der Waals surface area contributed by atoms with Gasteiger partial charge in [0.15, 0.2) is 0 Å². The van der Waals surface area contributed by atoms with Crippen LogP contribution in [0.2, 0.25) is 0 Å². The standard InChI is InChI=1S/C14H18N2O/c1-11-6-5-7-12(10-11)14(17)16-15-13-8-3-2-4-9-13/h5-7,10H,2-4,8-9H2,1H3,(H,16,17). The van der Waals surface area contributed by atoms with Crippen molar-refractivity contribution in [2.75, 3.05) is 0 Å². The van der Waals surface area contributed by atoms with Gasteiger partial charge in [0.05, 0.1) is 0 Å². The van der Waals surface area contributed by atoms with Gasteiger partial charge in [-0.25, -0.2) is 5.43 Å². The number of hydrogen-bond acceptors (Lipinski definition) is 2. The van der Waals surface area contributed by atoms with Crippen LogP contribution in [0.1, 0.15) is 48.0 Å². The number of carbonyl (C=O) groups is 1. The molecule has 1 amide bonds. The first kappa shape index (κ1) is 11.8. The lowest BCUT2D eigenvalue weighted by Crippen LogP contribution is -2.20. The molecule has 0 unspecified atom stereocenters. The van der Waals surface area contributed by atoms with E-state index in [2.05, 4.69) is 10.5 Å². The summed E-state index contributed by atoms with van der Waals surface area (Å²) in [5, 5.41) is 4.21. The molecule has 1 aromatic carbocycles. The Morgan fingerprint density at radius 3 is 2.71 bits per heavy atom. The normalized spacial score (nSPS) is 15.5. The lowest BCUT2D eigenvalue weighted by atomic mass is 9.99. The Bertz CT molecular complexity index is 430. The zero-order valence-corrected chi connectivity index (χ0v) is 10.2. The molecule has 1 saturated carbocycles. The van der Waals surface area contributed by atoms with Crippen molar-refractivity contribution in [2.45, 2.75) is 39.0 Å². The number of rotatable bonds is 2. The topological polar surface area (TPSA) is 41.5 Å². The van der Waals surface area contributed by atoms with Crippen molar-refractivity contribution in [1.29, 1.82) is 0 Å². The van der Waals surface area contributed by atoms with Gasteiger partial charge in [-0.1, -0.05) is 24.1 Å². The minimum absolute atomic E-state index is 0.119. The maximum atomic E-state index is 11.8. The summed E-state index contributed by atoms with van der Waals surface area (Å²) in [4.78, 5) is 11.8. The van der Waals surface area contributed by atoms with Gasteiger partial charge in [-0.2, -0.15) is 5.10 Å². The molecular formula is C14H18N2O. The second-order valence-corrected chi connectivity index (χ2v) is 4.55. The maximum absolute atomic E-state index is 11.8. The highest BCUT2D eigenvalue weighted by Gasteiger charge is 2.08. The van der Waals surface area contributed by atoms with Crippen molar-refractivity contribution in [2.24, 2.45) is 5.10 Å². The molecule has 0 spiro atoms. The Balaban J connectivity index is 1.97. The second-order valence-electron chi connectivity index (χ2n) is 4.55. The van der Waals surface area contributed by atoms with Crippen molar-refractivity contribution in [1.82, 2.24) is 5.43 Å². The van der Waals surface area contributed by atoms with Crippen molar-refractivity contribution >= 4 is 11.6 Å². The minimum Gasteiger partial charge on any atom is -0.267 e. The zero-order valence-electron chi connectivity index (χ0n) is 10.2. The predicted octanol–water partition coefficient (Wildman–Crippen LogP) is 3.04. The van der Waals surface area contributed by atoms with E-state index in [1.807, 2.05) is 31.2 Å². The van der Waals surface area contributed by atoms with Crippen LogP contribution in [-0.4, -0.2) is 11.6 Å². The molecule has 90 valence electrons. The first-order chi connectivity index (χ1) is 8.25. The number of benzene rings is 1. The number of hydrogen-bond donors (Lipinski definition) is 1. The third-order valence-electron chi connectivity index (χ3n) is 3.03. The molecule has 1 aliphatic rings. The SMILES string of the molecule is Cc1cccc(C(=O)NN=C2CCCCC2)c1. The van der Waals surface area contributed by atoms with E-state index in [9.17, 15) is 4.79 Å². The van der Waals surface area contributed by atoms with E-state index in [1.54, 1.807) is 0 Å². The van der Waals surface area contributed by atoms with Gasteiger partial charge in [0.1, 0.15) is 0 Å². The van der Waals surface area contributed by atoms with Crippen LogP contribution in [-0.2, 0) is 0 Å². The average Bonchev–Trinajstić information content (AvgIpc) is 2.37.